The molecule has 0 N–H and O–H groups in total. The molecule has 0 spiro atoms. The third-order valence-corrected chi connectivity index (χ3v) is 8.86. The van der Waals surface area contributed by atoms with Crippen molar-refractivity contribution in [3.8, 4) is 0 Å². The molecule has 0 aromatic carbocycles. The fourth-order valence-electron chi connectivity index (χ4n) is 5.52. The van der Waals surface area contributed by atoms with Crippen molar-refractivity contribution in [2.45, 2.75) is 88.2 Å². The van der Waals surface area contributed by atoms with Crippen LogP contribution in [0.3, 0.4) is 0 Å². The largest absolute Gasteiger partial charge is 0.444 e. The molecule has 5 heterocycles. The minimum Gasteiger partial charge on any atom is -0.444 e. The molecule has 3 atom stereocenters. The fourth-order valence-corrected chi connectivity index (χ4v) is 6.42. The van der Waals surface area contributed by atoms with E-state index in [2.05, 4.69) is 15.0 Å². The van der Waals surface area contributed by atoms with Crippen molar-refractivity contribution in [2.75, 3.05) is 17.2 Å². The zero-order chi connectivity index (χ0) is 27.1. The monoisotopic (exact) mass is 561 g/mol. The summed E-state index contributed by atoms with van der Waals surface area (Å²) in [5.41, 5.74) is -1.06. The molecule has 3 aliphatic rings. The predicted octanol–water partition coefficient (Wildman–Crippen LogP) is 4.50. The lowest BCUT2D eigenvalue weighted by molar-refractivity contribution is -0.133. The van der Waals surface area contributed by atoms with E-state index in [9.17, 15) is 13.2 Å². The molecule has 1 amide bonds. The Bertz CT molecular complexity index is 1420. The molecule has 202 valence electrons. The molecule has 2 fully saturated rings. The van der Waals surface area contributed by atoms with Crippen LogP contribution in [0.5, 0.6) is 0 Å². The first-order valence-electron chi connectivity index (χ1n) is 12.1. The van der Waals surface area contributed by atoms with E-state index in [1.807, 2.05) is 0 Å². The third-order valence-electron chi connectivity index (χ3n) is 7.11. The molecule has 2 aromatic rings. The van der Waals surface area contributed by atoms with Gasteiger partial charge in [-0.2, -0.15) is 0 Å². The number of carbonyl (C=O) groups is 1. The minimum atomic E-state index is -4.04. The van der Waals surface area contributed by atoms with Crippen molar-refractivity contribution in [1.29, 1.82) is 0 Å². The van der Waals surface area contributed by atoms with E-state index in [-0.39, 0.29) is 48.2 Å². The van der Waals surface area contributed by atoms with Crippen LogP contribution < -0.4 is 4.90 Å². The summed E-state index contributed by atoms with van der Waals surface area (Å²) in [5, 5.41) is -1.10. The number of hydrogen-bond acceptors (Lipinski definition) is 8. The number of hydrogen-bond donors (Lipinski definition) is 0. The number of sulfone groups is 1. The first-order chi connectivity index (χ1) is 17.1. The lowest BCUT2D eigenvalue weighted by atomic mass is 9.91. The molecule has 0 radical (unpaired) electrons. The second-order valence-electron chi connectivity index (χ2n) is 10.7. The van der Waals surface area contributed by atoms with Gasteiger partial charge in [0.15, 0.2) is 11.0 Å². The molecule has 0 saturated carbocycles. The van der Waals surface area contributed by atoms with E-state index in [1.165, 1.54) is 11.8 Å². The topological polar surface area (TPSA) is 106 Å². The van der Waals surface area contributed by atoms with Gasteiger partial charge in [-0.15, -0.1) is 0 Å². The Hall–Kier alpha value is -2.41. The quantitative estimate of drug-likeness (QED) is 0.300. The van der Waals surface area contributed by atoms with E-state index in [4.69, 9.17) is 16.3 Å². The number of amides is 1. The fraction of sp³-hybridized carbons (Fsp3) is 0.652. The van der Waals surface area contributed by atoms with Crippen molar-refractivity contribution in [1.82, 2.24) is 19.9 Å². The average Bonchev–Trinajstić information content (AvgIpc) is 3.00. The second kappa shape index (κ2) is 8.29. The first kappa shape index (κ1) is 26.2. The highest BCUT2D eigenvalue weighted by atomic mass is 35.5. The van der Waals surface area contributed by atoms with Gasteiger partial charge in [-0.3, -0.25) is 0 Å². The van der Waals surface area contributed by atoms with E-state index < -0.39 is 61.8 Å². The van der Waals surface area contributed by atoms with Crippen LogP contribution in [0.1, 0.15) is 59.1 Å². The minimum absolute atomic E-state index is 0.0546. The lowest BCUT2D eigenvalue weighted by Crippen LogP contribution is -2.71. The Balaban J connectivity index is 1.75. The number of nitrogens with zero attached hydrogens (tertiary/aromatic N) is 5. The number of pyridine rings is 1. The average molecular weight is 562 g/mol. The molecule has 2 saturated heterocycles. The highest BCUT2D eigenvalue weighted by Gasteiger charge is 2.69. The number of ether oxygens (including phenoxy) is 1. The van der Waals surface area contributed by atoms with Crippen LogP contribution in [0.25, 0.3) is 10.9 Å². The summed E-state index contributed by atoms with van der Waals surface area (Å²) in [6, 6.07) is -1.10. The standard InChI is InChI=1S/C23H27ClF3N5O4S/c1-5-37(34,35)19-29-16-14-12(28-17(24)15(16)25)7-6-8-13-23(27)10-9-22(26,11-31(13)18(14)30-19)32(23)20(33)36-21(2,3)4/h13H,5-11H2,1-4H3/t13-,22-,23+/m1/s1. The molecule has 0 unspecified atom stereocenters. The number of rotatable bonds is 2. The maximum Gasteiger partial charge on any atom is 0.415 e. The summed E-state index contributed by atoms with van der Waals surface area (Å²) < 4.78 is 79.4. The number of piperazine rings is 1. The molecule has 2 bridgehead atoms. The number of carbonyl (C=O) groups excluding carboxylic acids is 1. The Morgan fingerprint density at radius 2 is 1.92 bits per heavy atom. The molecule has 9 nitrogen and oxygen atoms in total. The SMILES string of the molecule is CCS(=O)(=O)c1nc2c3c(nc(Cl)c(F)c3n1)CCC[C@H]1N2C[C@@]2(F)CC[C@]1(F)N2C(=O)OC(C)(C)C. The van der Waals surface area contributed by atoms with Gasteiger partial charge < -0.3 is 9.64 Å². The lowest BCUT2D eigenvalue weighted by Gasteiger charge is -2.52. The van der Waals surface area contributed by atoms with Crippen LogP contribution in [-0.4, -0.2) is 69.9 Å². The van der Waals surface area contributed by atoms with E-state index in [0.717, 1.165) is 0 Å². The van der Waals surface area contributed by atoms with Crippen LogP contribution >= 0.6 is 11.6 Å². The summed E-state index contributed by atoms with van der Waals surface area (Å²) in [6.07, 6.45) is -0.961. The van der Waals surface area contributed by atoms with E-state index >= 15 is 13.2 Å². The van der Waals surface area contributed by atoms with Crippen LogP contribution in [0.4, 0.5) is 23.8 Å². The van der Waals surface area contributed by atoms with Crippen LogP contribution in [-0.2, 0) is 21.0 Å². The van der Waals surface area contributed by atoms with Crippen LogP contribution in [0.15, 0.2) is 5.16 Å². The Kier molecular flexibility index (Phi) is 5.87. The Labute approximate surface area is 217 Å². The normalized spacial score (nSPS) is 27.6. The van der Waals surface area contributed by atoms with Gasteiger partial charge in [0.2, 0.25) is 26.6 Å². The molecule has 3 aliphatic heterocycles. The van der Waals surface area contributed by atoms with Gasteiger partial charge in [0.25, 0.3) is 0 Å². The number of fused-ring (bicyclic) bond motifs is 5. The zero-order valence-electron chi connectivity index (χ0n) is 20.8. The molecule has 14 heteroatoms. The summed E-state index contributed by atoms with van der Waals surface area (Å²) in [5.74, 6) is -6.52. The van der Waals surface area contributed by atoms with Gasteiger partial charge in [0.1, 0.15) is 16.9 Å². The summed E-state index contributed by atoms with van der Waals surface area (Å²) >= 11 is 6.00. The van der Waals surface area contributed by atoms with Gasteiger partial charge in [-0.25, -0.2) is 46.2 Å². The second-order valence-corrected chi connectivity index (χ2v) is 13.2. The molecular formula is C23H27ClF3N5O4S. The zero-order valence-corrected chi connectivity index (χ0v) is 22.4. The number of halogens is 4. The van der Waals surface area contributed by atoms with Crippen molar-refractivity contribution >= 4 is 44.3 Å². The summed E-state index contributed by atoms with van der Waals surface area (Å²) in [7, 11) is -4.04. The maximum atomic E-state index is 16.9. The Morgan fingerprint density at radius 1 is 1.22 bits per heavy atom. The number of anilines is 1. The van der Waals surface area contributed by atoms with E-state index in [0.29, 0.717) is 17.0 Å². The van der Waals surface area contributed by atoms with Crippen LogP contribution in [0, 0.1) is 5.82 Å². The maximum absolute atomic E-state index is 16.9. The highest BCUT2D eigenvalue weighted by Crippen LogP contribution is 2.54. The molecule has 37 heavy (non-hydrogen) atoms. The van der Waals surface area contributed by atoms with Crippen molar-refractivity contribution < 1.29 is 31.1 Å². The predicted molar refractivity (Wildman–Crippen MR) is 129 cm³/mol. The highest BCUT2D eigenvalue weighted by molar-refractivity contribution is 7.91. The molecule has 0 aliphatic carbocycles. The number of alkyl halides is 2. The summed E-state index contributed by atoms with van der Waals surface area (Å²) in [6.45, 7) is 5.66. The van der Waals surface area contributed by atoms with Crippen molar-refractivity contribution in [2.24, 2.45) is 0 Å². The Morgan fingerprint density at radius 3 is 2.57 bits per heavy atom. The third kappa shape index (κ3) is 4.00. The number of aryl methyl sites for hydroxylation is 1. The van der Waals surface area contributed by atoms with Gasteiger partial charge in [-0.1, -0.05) is 18.5 Å². The van der Waals surface area contributed by atoms with Gasteiger partial charge in [-0.05, 0) is 40.0 Å². The van der Waals surface area contributed by atoms with Crippen molar-refractivity contribution in [3.05, 3.63) is 16.7 Å². The smallest absolute Gasteiger partial charge is 0.415 e. The molecule has 2 aromatic heterocycles. The van der Waals surface area contributed by atoms with Gasteiger partial charge in [0.05, 0.1) is 29.4 Å². The number of aromatic nitrogens is 3. The van der Waals surface area contributed by atoms with Crippen molar-refractivity contribution in [3.63, 3.8) is 0 Å². The van der Waals surface area contributed by atoms with E-state index in [1.54, 1.807) is 20.8 Å². The van der Waals surface area contributed by atoms with Gasteiger partial charge in [0, 0.05) is 12.8 Å². The molecule has 5 rings (SSSR count). The summed E-state index contributed by atoms with van der Waals surface area (Å²) in [4.78, 5) is 27.2. The van der Waals surface area contributed by atoms with Crippen LogP contribution in [0.2, 0.25) is 5.15 Å². The molecular weight excluding hydrogens is 535 g/mol. The van der Waals surface area contributed by atoms with Gasteiger partial charge >= 0.3 is 6.09 Å². The first-order valence-corrected chi connectivity index (χ1v) is 14.1.